The number of carbonyl (C=O) groups excluding carboxylic acids is 1. The molecular formula is C21H18Cl2N2O4S. The van der Waals surface area contributed by atoms with Crippen molar-refractivity contribution in [2.24, 2.45) is 0 Å². The topological polar surface area (TPSA) is 84.5 Å². The number of rotatable bonds is 7. The van der Waals surface area contributed by atoms with Gasteiger partial charge in [0.15, 0.2) is 6.61 Å². The molecule has 0 unspecified atom stereocenters. The summed E-state index contributed by atoms with van der Waals surface area (Å²) in [6.07, 6.45) is 0. The van der Waals surface area contributed by atoms with Crippen LogP contribution in [-0.2, 0) is 14.8 Å². The molecular weight excluding hydrogens is 447 g/mol. The van der Waals surface area contributed by atoms with Crippen LogP contribution in [0.2, 0.25) is 10.0 Å². The maximum atomic E-state index is 12.5. The fraction of sp³-hybridized carbons (Fsp3) is 0.0952. The summed E-state index contributed by atoms with van der Waals surface area (Å²) in [6.45, 7) is 1.65. The first-order valence-electron chi connectivity index (χ1n) is 8.79. The molecule has 1 amide bonds. The van der Waals surface area contributed by atoms with Crippen molar-refractivity contribution in [3.63, 3.8) is 0 Å². The maximum Gasteiger partial charge on any atom is 0.262 e. The van der Waals surface area contributed by atoms with Crippen molar-refractivity contribution in [3.8, 4) is 5.75 Å². The quantitative estimate of drug-likeness (QED) is 0.507. The largest absolute Gasteiger partial charge is 0.484 e. The number of nitrogens with one attached hydrogen (secondary N) is 2. The Labute approximate surface area is 184 Å². The van der Waals surface area contributed by atoms with E-state index in [0.717, 1.165) is 5.56 Å². The number of benzene rings is 3. The number of ether oxygens (including phenoxy) is 1. The minimum atomic E-state index is -3.73. The first-order chi connectivity index (χ1) is 14.2. The van der Waals surface area contributed by atoms with Gasteiger partial charge in [-0.3, -0.25) is 9.52 Å². The van der Waals surface area contributed by atoms with Gasteiger partial charge in [-0.05, 0) is 61.5 Å². The van der Waals surface area contributed by atoms with Gasteiger partial charge in [0.1, 0.15) is 5.75 Å². The number of anilines is 2. The first-order valence-corrected chi connectivity index (χ1v) is 11.0. The highest BCUT2D eigenvalue weighted by Gasteiger charge is 2.14. The Hall–Kier alpha value is -2.74. The third-order valence-corrected chi connectivity index (χ3v) is 5.79. The van der Waals surface area contributed by atoms with Crippen LogP contribution in [0.4, 0.5) is 11.4 Å². The zero-order chi connectivity index (χ0) is 21.7. The Balaban J connectivity index is 1.58. The van der Waals surface area contributed by atoms with Gasteiger partial charge in [-0.15, -0.1) is 0 Å². The normalized spacial score (nSPS) is 11.0. The van der Waals surface area contributed by atoms with Crippen molar-refractivity contribution in [1.82, 2.24) is 0 Å². The Kier molecular flexibility index (Phi) is 6.87. The van der Waals surface area contributed by atoms with E-state index < -0.39 is 15.9 Å². The molecule has 3 aromatic carbocycles. The van der Waals surface area contributed by atoms with Gasteiger partial charge >= 0.3 is 0 Å². The average molecular weight is 465 g/mol. The molecule has 0 aliphatic carbocycles. The Bertz CT molecular complexity index is 1130. The third-order valence-electron chi connectivity index (χ3n) is 3.95. The number of halogens is 2. The molecule has 0 atom stereocenters. The predicted octanol–water partition coefficient (Wildman–Crippen LogP) is 5.12. The lowest BCUT2D eigenvalue weighted by Crippen LogP contribution is -2.20. The summed E-state index contributed by atoms with van der Waals surface area (Å²) in [4.78, 5) is 12.1. The first kappa shape index (κ1) is 22.0. The van der Waals surface area contributed by atoms with Gasteiger partial charge in [-0.1, -0.05) is 40.9 Å². The molecule has 0 aliphatic rings. The van der Waals surface area contributed by atoms with Gasteiger partial charge in [-0.25, -0.2) is 8.42 Å². The second-order valence-corrected chi connectivity index (χ2v) is 8.99. The fourth-order valence-electron chi connectivity index (χ4n) is 2.52. The average Bonchev–Trinajstić information content (AvgIpc) is 2.67. The zero-order valence-corrected chi connectivity index (χ0v) is 18.2. The minimum absolute atomic E-state index is 0.0773. The predicted molar refractivity (Wildman–Crippen MR) is 119 cm³/mol. The van der Waals surface area contributed by atoms with E-state index in [1.165, 1.54) is 24.3 Å². The maximum absolute atomic E-state index is 12.5. The van der Waals surface area contributed by atoms with E-state index in [9.17, 15) is 13.2 Å². The summed E-state index contributed by atoms with van der Waals surface area (Å²) in [6, 6.07) is 17.5. The number of sulfonamides is 1. The van der Waals surface area contributed by atoms with E-state index in [4.69, 9.17) is 27.9 Å². The van der Waals surface area contributed by atoms with Crippen molar-refractivity contribution < 1.29 is 17.9 Å². The SMILES string of the molecule is Cc1ccc(NS(=O)(=O)c2ccc(OCC(=O)Nc3cc(Cl)cc(Cl)c3)cc2)cc1. The van der Waals surface area contributed by atoms with Gasteiger partial charge in [0.25, 0.3) is 15.9 Å². The van der Waals surface area contributed by atoms with Crippen molar-refractivity contribution >= 4 is 50.5 Å². The Morgan fingerprint density at radius 3 is 2.10 bits per heavy atom. The molecule has 0 radical (unpaired) electrons. The van der Waals surface area contributed by atoms with E-state index in [-0.39, 0.29) is 11.5 Å². The summed E-state index contributed by atoms with van der Waals surface area (Å²) in [5, 5.41) is 3.42. The number of hydrogen-bond acceptors (Lipinski definition) is 4. The van der Waals surface area contributed by atoms with Gasteiger partial charge < -0.3 is 10.1 Å². The van der Waals surface area contributed by atoms with Crippen LogP contribution < -0.4 is 14.8 Å². The third kappa shape index (κ3) is 6.13. The molecule has 0 aromatic heterocycles. The summed E-state index contributed by atoms with van der Waals surface area (Å²) in [7, 11) is -3.73. The summed E-state index contributed by atoms with van der Waals surface area (Å²) < 4.78 is 32.9. The van der Waals surface area contributed by atoms with Gasteiger partial charge in [0.2, 0.25) is 0 Å². The van der Waals surface area contributed by atoms with Crippen molar-refractivity contribution in [2.75, 3.05) is 16.6 Å². The molecule has 6 nitrogen and oxygen atoms in total. The van der Waals surface area contributed by atoms with E-state index in [1.54, 1.807) is 30.3 Å². The fourth-order valence-corrected chi connectivity index (χ4v) is 4.11. The lowest BCUT2D eigenvalue weighted by atomic mass is 10.2. The van der Waals surface area contributed by atoms with Crippen LogP contribution in [0, 0.1) is 6.92 Å². The van der Waals surface area contributed by atoms with Crippen molar-refractivity contribution in [2.45, 2.75) is 11.8 Å². The Morgan fingerprint density at radius 1 is 0.900 bits per heavy atom. The highest BCUT2D eigenvalue weighted by Crippen LogP contribution is 2.23. The summed E-state index contributed by atoms with van der Waals surface area (Å²) >= 11 is 11.8. The standard InChI is InChI=1S/C21H18Cl2N2O4S/c1-14-2-4-17(5-3-14)25-30(27,28)20-8-6-19(7-9-20)29-13-21(26)24-18-11-15(22)10-16(23)12-18/h2-12,25H,13H2,1H3,(H,24,26). The van der Waals surface area contributed by atoms with Gasteiger partial charge in [-0.2, -0.15) is 0 Å². The summed E-state index contributed by atoms with van der Waals surface area (Å²) in [5.41, 5.74) is 1.95. The lowest BCUT2D eigenvalue weighted by molar-refractivity contribution is -0.118. The van der Waals surface area contributed by atoms with Crippen LogP contribution >= 0.6 is 23.2 Å². The monoisotopic (exact) mass is 464 g/mol. The molecule has 3 aromatic rings. The number of aryl methyl sites for hydroxylation is 1. The number of carbonyl (C=O) groups is 1. The molecule has 9 heteroatoms. The molecule has 3 rings (SSSR count). The van der Waals surface area contributed by atoms with Crippen LogP contribution in [0.1, 0.15) is 5.56 Å². The molecule has 30 heavy (non-hydrogen) atoms. The Morgan fingerprint density at radius 2 is 1.50 bits per heavy atom. The van der Waals surface area contributed by atoms with Gasteiger partial charge in [0, 0.05) is 21.4 Å². The lowest BCUT2D eigenvalue weighted by Gasteiger charge is -2.10. The molecule has 0 fully saturated rings. The smallest absolute Gasteiger partial charge is 0.262 e. The van der Waals surface area contributed by atoms with E-state index in [2.05, 4.69) is 10.0 Å². The van der Waals surface area contributed by atoms with Crippen LogP contribution in [0.15, 0.2) is 71.6 Å². The van der Waals surface area contributed by atoms with Crippen molar-refractivity contribution in [3.05, 3.63) is 82.3 Å². The molecule has 0 heterocycles. The molecule has 156 valence electrons. The van der Waals surface area contributed by atoms with E-state index in [1.807, 2.05) is 19.1 Å². The van der Waals surface area contributed by atoms with Crippen LogP contribution in [0.5, 0.6) is 5.75 Å². The van der Waals surface area contributed by atoms with Crippen molar-refractivity contribution in [1.29, 1.82) is 0 Å². The van der Waals surface area contributed by atoms with Crippen LogP contribution in [0.3, 0.4) is 0 Å². The van der Waals surface area contributed by atoms with E-state index in [0.29, 0.717) is 27.2 Å². The molecule has 0 spiro atoms. The highest BCUT2D eigenvalue weighted by molar-refractivity contribution is 7.92. The minimum Gasteiger partial charge on any atom is -0.484 e. The molecule has 0 saturated carbocycles. The van der Waals surface area contributed by atoms with Crippen LogP contribution in [-0.4, -0.2) is 20.9 Å². The summed E-state index contributed by atoms with van der Waals surface area (Å²) in [5.74, 6) is -0.0605. The zero-order valence-electron chi connectivity index (χ0n) is 15.9. The molecule has 0 saturated heterocycles. The second kappa shape index (κ2) is 9.38. The number of amides is 1. The molecule has 0 bridgehead atoms. The van der Waals surface area contributed by atoms with Crippen LogP contribution in [0.25, 0.3) is 0 Å². The van der Waals surface area contributed by atoms with E-state index >= 15 is 0 Å². The highest BCUT2D eigenvalue weighted by atomic mass is 35.5. The number of hydrogen-bond donors (Lipinski definition) is 2. The second-order valence-electron chi connectivity index (χ2n) is 6.44. The molecule has 0 aliphatic heterocycles. The molecule has 2 N–H and O–H groups in total. The van der Waals surface area contributed by atoms with Gasteiger partial charge in [0.05, 0.1) is 4.90 Å².